The molecule has 0 aliphatic carbocycles. The second kappa shape index (κ2) is 7.40. The van der Waals surface area contributed by atoms with E-state index in [0.717, 1.165) is 23.8 Å². The monoisotopic (exact) mass is 291 g/mol. The maximum Gasteiger partial charge on any atom is 0.214 e. The molecule has 20 heavy (non-hydrogen) atoms. The lowest BCUT2D eigenvalue weighted by molar-refractivity contribution is 0.529. The molecule has 2 unspecified atom stereocenters. The maximum absolute atomic E-state index is 4.13. The van der Waals surface area contributed by atoms with Gasteiger partial charge in [-0.2, -0.15) is 4.68 Å². The van der Waals surface area contributed by atoms with Crippen LogP contribution >= 0.6 is 11.8 Å². The molecule has 5 nitrogen and oxygen atoms in total. The first kappa shape index (κ1) is 15.0. The topological polar surface area (TPSA) is 55.6 Å². The highest BCUT2D eigenvalue weighted by molar-refractivity contribution is 7.99. The first-order valence-electron chi connectivity index (χ1n) is 6.94. The normalized spacial score (nSPS) is 14.2. The number of benzene rings is 1. The Morgan fingerprint density at radius 2 is 2.00 bits per heavy atom. The Hall–Kier alpha value is -1.40. The molecule has 0 aliphatic heterocycles. The molecule has 2 rings (SSSR count). The van der Waals surface area contributed by atoms with E-state index in [1.165, 1.54) is 0 Å². The quantitative estimate of drug-likeness (QED) is 0.794. The number of hydrogen-bond donors (Lipinski definition) is 1. The van der Waals surface area contributed by atoms with Crippen molar-refractivity contribution >= 4 is 11.8 Å². The van der Waals surface area contributed by atoms with Crippen molar-refractivity contribution in [3.8, 4) is 5.69 Å². The smallest absolute Gasteiger partial charge is 0.214 e. The molecule has 1 aromatic carbocycles. The van der Waals surface area contributed by atoms with Crippen molar-refractivity contribution in [3.05, 3.63) is 30.3 Å². The van der Waals surface area contributed by atoms with E-state index >= 15 is 0 Å². The molecule has 6 heteroatoms. The number of thioether (sulfide) groups is 1. The fraction of sp³-hybridized carbons (Fsp3) is 0.500. The van der Waals surface area contributed by atoms with Gasteiger partial charge in [-0.1, -0.05) is 43.8 Å². The fourth-order valence-corrected chi connectivity index (χ4v) is 3.21. The third-order valence-corrected chi connectivity index (χ3v) is 4.05. The highest BCUT2D eigenvalue weighted by Crippen LogP contribution is 2.25. The van der Waals surface area contributed by atoms with Crippen molar-refractivity contribution in [1.82, 2.24) is 25.5 Å². The lowest BCUT2D eigenvalue weighted by Gasteiger charge is -2.17. The first-order valence-corrected chi connectivity index (χ1v) is 7.82. The van der Waals surface area contributed by atoms with E-state index in [9.17, 15) is 0 Å². The molecule has 0 saturated carbocycles. The predicted octanol–water partition coefficient (Wildman–Crippen LogP) is 2.53. The van der Waals surface area contributed by atoms with Crippen molar-refractivity contribution in [2.75, 3.05) is 6.54 Å². The highest BCUT2D eigenvalue weighted by Gasteiger charge is 2.15. The summed E-state index contributed by atoms with van der Waals surface area (Å²) in [6, 6.07) is 10.5. The standard InChI is InChI=1S/C14H21N5S/c1-4-15-11(2)10-12(3)20-14-16-17-18-19(14)13-8-6-5-7-9-13/h5-9,11-12,15H,4,10H2,1-3H3. The van der Waals surface area contributed by atoms with Crippen LogP contribution in [0.4, 0.5) is 0 Å². The maximum atomic E-state index is 4.13. The van der Waals surface area contributed by atoms with Crippen LogP contribution in [0.3, 0.4) is 0 Å². The van der Waals surface area contributed by atoms with Crippen LogP contribution < -0.4 is 5.32 Å². The SMILES string of the molecule is CCNC(C)CC(C)Sc1nnnn1-c1ccccc1. The summed E-state index contributed by atoms with van der Waals surface area (Å²) in [5, 5.41) is 16.7. The number of nitrogens with one attached hydrogen (secondary N) is 1. The number of para-hydroxylation sites is 1. The minimum Gasteiger partial charge on any atom is -0.314 e. The lowest BCUT2D eigenvalue weighted by atomic mass is 10.2. The molecule has 0 radical (unpaired) electrons. The Morgan fingerprint density at radius 3 is 2.70 bits per heavy atom. The van der Waals surface area contributed by atoms with Gasteiger partial charge in [0.1, 0.15) is 0 Å². The molecule has 1 aromatic heterocycles. The molecule has 0 saturated heterocycles. The molecule has 0 spiro atoms. The van der Waals surface area contributed by atoms with Crippen molar-refractivity contribution in [2.24, 2.45) is 0 Å². The van der Waals surface area contributed by atoms with Crippen LogP contribution in [0.2, 0.25) is 0 Å². The van der Waals surface area contributed by atoms with Gasteiger partial charge in [0, 0.05) is 11.3 Å². The average Bonchev–Trinajstić information content (AvgIpc) is 2.87. The minimum atomic E-state index is 0.456. The zero-order chi connectivity index (χ0) is 14.4. The van der Waals surface area contributed by atoms with Gasteiger partial charge >= 0.3 is 0 Å². The average molecular weight is 291 g/mol. The van der Waals surface area contributed by atoms with Crippen molar-refractivity contribution < 1.29 is 0 Å². The first-order chi connectivity index (χ1) is 9.70. The summed E-state index contributed by atoms with van der Waals surface area (Å²) >= 11 is 1.71. The van der Waals surface area contributed by atoms with Crippen LogP contribution in [0, 0.1) is 0 Å². The van der Waals surface area contributed by atoms with E-state index in [0.29, 0.717) is 11.3 Å². The Balaban J connectivity index is 2.02. The van der Waals surface area contributed by atoms with E-state index in [2.05, 4.69) is 41.6 Å². The summed E-state index contributed by atoms with van der Waals surface area (Å²) in [6.45, 7) is 7.55. The number of tetrazole rings is 1. The molecular formula is C14H21N5S. The van der Waals surface area contributed by atoms with E-state index < -0.39 is 0 Å². The summed E-state index contributed by atoms with van der Waals surface area (Å²) in [5.74, 6) is 0. The van der Waals surface area contributed by atoms with Crippen molar-refractivity contribution in [1.29, 1.82) is 0 Å². The molecule has 2 aromatic rings. The third-order valence-electron chi connectivity index (χ3n) is 2.99. The Morgan fingerprint density at radius 1 is 1.25 bits per heavy atom. The van der Waals surface area contributed by atoms with Gasteiger partial charge in [0.2, 0.25) is 5.16 Å². The second-order valence-electron chi connectivity index (χ2n) is 4.83. The van der Waals surface area contributed by atoms with E-state index in [1.54, 1.807) is 16.4 Å². The Labute approximate surface area is 124 Å². The molecule has 2 atom stereocenters. The van der Waals surface area contributed by atoms with Gasteiger partial charge in [0.15, 0.2) is 0 Å². The lowest BCUT2D eigenvalue weighted by Crippen LogP contribution is -2.28. The van der Waals surface area contributed by atoms with Gasteiger partial charge in [0.25, 0.3) is 0 Å². The van der Waals surface area contributed by atoms with E-state index in [-0.39, 0.29) is 0 Å². The van der Waals surface area contributed by atoms with Gasteiger partial charge in [-0.25, -0.2) is 0 Å². The number of hydrogen-bond acceptors (Lipinski definition) is 5. The van der Waals surface area contributed by atoms with E-state index in [4.69, 9.17) is 0 Å². The zero-order valence-electron chi connectivity index (χ0n) is 12.2. The van der Waals surface area contributed by atoms with E-state index in [1.807, 2.05) is 30.3 Å². The molecule has 0 aliphatic rings. The molecule has 1 heterocycles. The van der Waals surface area contributed by atoms with Gasteiger partial charge in [0.05, 0.1) is 5.69 Å². The highest BCUT2D eigenvalue weighted by atomic mass is 32.2. The van der Waals surface area contributed by atoms with Gasteiger partial charge in [-0.15, -0.1) is 5.10 Å². The fourth-order valence-electron chi connectivity index (χ4n) is 2.14. The molecule has 108 valence electrons. The van der Waals surface area contributed by atoms with Gasteiger partial charge in [-0.3, -0.25) is 0 Å². The molecule has 1 N–H and O–H groups in total. The van der Waals surface area contributed by atoms with Crippen LogP contribution in [-0.2, 0) is 0 Å². The second-order valence-corrected chi connectivity index (χ2v) is 6.24. The van der Waals surface area contributed by atoms with Crippen LogP contribution in [0.15, 0.2) is 35.5 Å². The van der Waals surface area contributed by atoms with Gasteiger partial charge in [-0.05, 0) is 42.4 Å². The zero-order valence-corrected chi connectivity index (χ0v) is 13.0. The summed E-state index contributed by atoms with van der Waals surface area (Å²) in [6.07, 6.45) is 1.08. The van der Waals surface area contributed by atoms with Crippen LogP contribution in [0.25, 0.3) is 5.69 Å². The van der Waals surface area contributed by atoms with Crippen molar-refractivity contribution in [3.63, 3.8) is 0 Å². The summed E-state index contributed by atoms with van der Waals surface area (Å²) in [7, 11) is 0. The Kier molecular flexibility index (Phi) is 5.55. The van der Waals surface area contributed by atoms with Crippen LogP contribution in [-0.4, -0.2) is 38.0 Å². The molecular weight excluding hydrogens is 270 g/mol. The number of nitrogens with zero attached hydrogens (tertiary/aromatic N) is 4. The van der Waals surface area contributed by atoms with Crippen molar-refractivity contribution in [2.45, 2.75) is 43.6 Å². The predicted molar refractivity (Wildman–Crippen MR) is 82.2 cm³/mol. The summed E-state index contributed by atoms with van der Waals surface area (Å²) in [5.41, 5.74) is 0.993. The number of aromatic nitrogens is 4. The molecule has 0 fully saturated rings. The minimum absolute atomic E-state index is 0.456. The third kappa shape index (κ3) is 4.05. The van der Waals surface area contributed by atoms with Crippen LogP contribution in [0.1, 0.15) is 27.2 Å². The largest absolute Gasteiger partial charge is 0.314 e. The van der Waals surface area contributed by atoms with Gasteiger partial charge < -0.3 is 5.32 Å². The summed E-state index contributed by atoms with van der Waals surface area (Å²) < 4.78 is 1.79. The number of rotatable bonds is 7. The van der Waals surface area contributed by atoms with Crippen LogP contribution in [0.5, 0.6) is 0 Å². The Bertz CT molecular complexity index is 513. The summed E-state index contributed by atoms with van der Waals surface area (Å²) in [4.78, 5) is 0. The molecule has 0 amide bonds. The molecule has 0 bridgehead atoms.